The molecule has 5 rings (SSSR count). The standard InChI is InChI=1S/C21H26ClNO4/c1-12(19(24)23-17-8-16(22)3-4-18(17)26-2)27-20(25)21-9-13-5-14(10-21)7-15(6-13)11-21/h3-4,8,12-15H,5-7,9-11H2,1-2H3,(H,23,24)/t12-,13?,14?,15?,21?/m1/s1. The molecule has 4 bridgehead atoms. The molecule has 1 N–H and O–H groups in total. The summed E-state index contributed by atoms with van der Waals surface area (Å²) in [5.41, 5.74) is 0.101. The topological polar surface area (TPSA) is 64.6 Å². The van der Waals surface area contributed by atoms with E-state index >= 15 is 0 Å². The molecule has 1 atom stereocenters. The molecule has 1 aromatic rings. The zero-order valence-electron chi connectivity index (χ0n) is 15.8. The smallest absolute Gasteiger partial charge is 0.312 e. The van der Waals surface area contributed by atoms with Gasteiger partial charge in [0, 0.05) is 5.02 Å². The van der Waals surface area contributed by atoms with E-state index in [-0.39, 0.29) is 17.3 Å². The second-order valence-corrected chi connectivity index (χ2v) is 9.02. The van der Waals surface area contributed by atoms with Gasteiger partial charge in [-0.3, -0.25) is 9.59 Å². The van der Waals surface area contributed by atoms with Crippen molar-refractivity contribution in [1.29, 1.82) is 0 Å². The first kappa shape index (κ1) is 18.6. The number of halogens is 1. The second-order valence-electron chi connectivity index (χ2n) is 8.58. The Labute approximate surface area is 164 Å². The lowest BCUT2D eigenvalue weighted by Crippen LogP contribution is -2.51. The van der Waals surface area contributed by atoms with Crippen LogP contribution >= 0.6 is 11.6 Å². The van der Waals surface area contributed by atoms with Gasteiger partial charge in [0.2, 0.25) is 0 Å². The number of methoxy groups -OCH3 is 1. The first-order valence-corrected chi connectivity index (χ1v) is 10.1. The fourth-order valence-electron chi connectivity index (χ4n) is 5.71. The number of carbonyl (C=O) groups excluding carboxylic acids is 2. The van der Waals surface area contributed by atoms with Crippen LogP contribution in [0.25, 0.3) is 0 Å². The van der Waals surface area contributed by atoms with Gasteiger partial charge in [0.15, 0.2) is 6.10 Å². The average molecular weight is 392 g/mol. The molecular weight excluding hydrogens is 366 g/mol. The van der Waals surface area contributed by atoms with Crippen LogP contribution < -0.4 is 10.1 Å². The molecule has 4 aliphatic carbocycles. The van der Waals surface area contributed by atoms with Crippen molar-refractivity contribution in [2.24, 2.45) is 23.2 Å². The molecule has 1 amide bonds. The van der Waals surface area contributed by atoms with Crippen molar-refractivity contribution in [1.82, 2.24) is 0 Å². The number of carbonyl (C=O) groups is 2. The van der Waals surface area contributed by atoms with Crippen LogP contribution in [0.15, 0.2) is 18.2 Å². The van der Waals surface area contributed by atoms with Gasteiger partial charge in [-0.15, -0.1) is 0 Å². The first-order valence-electron chi connectivity index (χ1n) is 9.74. The lowest BCUT2D eigenvalue weighted by atomic mass is 9.49. The van der Waals surface area contributed by atoms with Gasteiger partial charge >= 0.3 is 5.97 Å². The molecule has 1 aromatic carbocycles. The van der Waals surface area contributed by atoms with Gasteiger partial charge in [-0.1, -0.05) is 11.6 Å². The highest BCUT2D eigenvalue weighted by Gasteiger charge is 2.55. The van der Waals surface area contributed by atoms with E-state index in [1.54, 1.807) is 25.1 Å². The molecule has 6 heteroatoms. The third-order valence-electron chi connectivity index (χ3n) is 6.54. The molecule has 0 heterocycles. The van der Waals surface area contributed by atoms with Gasteiger partial charge in [0.25, 0.3) is 5.91 Å². The summed E-state index contributed by atoms with van der Waals surface area (Å²) in [5, 5.41) is 3.25. The fraction of sp³-hybridized carbons (Fsp3) is 0.619. The number of benzene rings is 1. The molecule has 146 valence electrons. The van der Waals surface area contributed by atoms with Crippen LogP contribution in [0.5, 0.6) is 5.75 Å². The molecular formula is C21H26ClNO4. The normalized spacial score (nSPS) is 32.0. The molecule has 0 aromatic heterocycles. The molecule has 5 nitrogen and oxygen atoms in total. The van der Waals surface area contributed by atoms with Crippen LogP contribution in [0, 0.1) is 23.2 Å². The number of esters is 1. The lowest BCUT2D eigenvalue weighted by Gasteiger charge is -2.55. The van der Waals surface area contributed by atoms with E-state index in [4.69, 9.17) is 21.1 Å². The van der Waals surface area contributed by atoms with Crippen LogP contribution in [0.4, 0.5) is 5.69 Å². The van der Waals surface area contributed by atoms with Crippen molar-refractivity contribution in [3.8, 4) is 5.75 Å². The third-order valence-corrected chi connectivity index (χ3v) is 6.78. The summed E-state index contributed by atoms with van der Waals surface area (Å²) in [6, 6.07) is 4.99. The highest BCUT2D eigenvalue weighted by Crippen LogP contribution is 2.60. The Bertz CT molecular complexity index is 727. The number of hydrogen-bond acceptors (Lipinski definition) is 4. The maximum absolute atomic E-state index is 13.0. The Morgan fingerprint density at radius 2 is 1.74 bits per heavy atom. The lowest BCUT2D eigenvalue weighted by molar-refractivity contribution is -0.177. The monoisotopic (exact) mass is 391 g/mol. The summed E-state index contributed by atoms with van der Waals surface area (Å²) < 4.78 is 10.9. The zero-order chi connectivity index (χ0) is 19.2. The number of rotatable bonds is 5. The maximum atomic E-state index is 13.0. The van der Waals surface area contributed by atoms with Crippen LogP contribution in [0.2, 0.25) is 5.02 Å². The van der Waals surface area contributed by atoms with E-state index in [1.165, 1.54) is 26.4 Å². The number of ether oxygens (including phenoxy) is 2. The number of nitrogens with one attached hydrogen (secondary N) is 1. The zero-order valence-corrected chi connectivity index (χ0v) is 16.6. The Balaban J connectivity index is 1.42. The van der Waals surface area contributed by atoms with Crippen molar-refractivity contribution in [2.45, 2.75) is 51.6 Å². The van der Waals surface area contributed by atoms with Crippen molar-refractivity contribution < 1.29 is 19.1 Å². The Kier molecular flexibility index (Phi) is 4.83. The molecule has 0 radical (unpaired) electrons. The molecule has 4 aliphatic rings. The summed E-state index contributed by atoms with van der Waals surface area (Å²) in [5.74, 6) is 1.90. The highest BCUT2D eigenvalue weighted by molar-refractivity contribution is 6.31. The van der Waals surface area contributed by atoms with Crippen LogP contribution in [-0.2, 0) is 14.3 Å². The SMILES string of the molecule is COc1ccc(Cl)cc1NC(=O)[C@@H](C)OC(=O)C12CC3CC(CC(C3)C1)C2. The molecule has 27 heavy (non-hydrogen) atoms. The van der Waals surface area contributed by atoms with Gasteiger partial charge in [0.05, 0.1) is 18.2 Å². The van der Waals surface area contributed by atoms with Crippen LogP contribution in [-0.4, -0.2) is 25.1 Å². The molecule has 0 unspecified atom stereocenters. The summed E-state index contributed by atoms with van der Waals surface area (Å²) in [7, 11) is 1.52. The van der Waals surface area contributed by atoms with Crippen molar-refractivity contribution in [2.75, 3.05) is 12.4 Å². The minimum Gasteiger partial charge on any atom is -0.495 e. The van der Waals surface area contributed by atoms with Crippen molar-refractivity contribution >= 4 is 29.2 Å². The predicted molar refractivity (Wildman–Crippen MR) is 103 cm³/mol. The summed E-state index contributed by atoms with van der Waals surface area (Å²) in [6.07, 6.45) is 5.69. The fourth-order valence-corrected chi connectivity index (χ4v) is 5.88. The number of hydrogen-bond donors (Lipinski definition) is 1. The molecule has 0 saturated heterocycles. The van der Waals surface area contributed by atoms with E-state index in [1.807, 2.05) is 0 Å². The van der Waals surface area contributed by atoms with Gasteiger partial charge in [-0.05, 0) is 81.4 Å². The Morgan fingerprint density at radius 3 is 2.30 bits per heavy atom. The van der Waals surface area contributed by atoms with Gasteiger partial charge in [0.1, 0.15) is 5.75 Å². The van der Waals surface area contributed by atoms with E-state index in [2.05, 4.69) is 5.32 Å². The maximum Gasteiger partial charge on any atom is 0.312 e. The molecule has 4 fully saturated rings. The summed E-state index contributed by atoms with van der Waals surface area (Å²) in [4.78, 5) is 25.6. The number of anilines is 1. The van der Waals surface area contributed by atoms with E-state index in [9.17, 15) is 9.59 Å². The van der Waals surface area contributed by atoms with Gasteiger partial charge in [-0.25, -0.2) is 0 Å². The van der Waals surface area contributed by atoms with Gasteiger partial charge < -0.3 is 14.8 Å². The van der Waals surface area contributed by atoms with Crippen molar-refractivity contribution in [3.05, 3.63) is 23.2 Å². The second kappa shape index (κ2) is 7.01. The largest absolute Gasteiger partial charge is 0.495 e. The average Bonchev–Trinajstić information content (AvgIpc) is 2.60. The van der Waals surface area contributed by atoms with Crippen LogP contribution in [0.1, 0.15) is 45.4 Å². The number of amides is 1. The van der Waals surface area contributed by atoms with Gasteiger partial charge in [-0.2, -0.15) is 0 Å². The molecule has 0 aliphatic heterocycles. The van der Waals surface area contributed by atoms with Crippen molar-refractivity contribution in [3.63, 3.8) is 0 Å². The quantitative estimate of drug-likeness (QED) is 0.754. The first-order chi connectivity index (χ1) is 12.9. The predicted octanol–water partition coefficient (Wildman–Crippen LogP) is 4.44. The van der Waals surface area contributed by atoms with E-state index in [0.29, 0.717) is 34.2 Å². The van der Waals surface area contributed by atoms with E-state index < -0.39 is 6.10 Å². The summed E-state index contributed by atoms with van der Waals surface area (Å²) >= 11 is 6.01. The highest BCUT2D eigenvalue weighted by atomic mass is 35.5. The van der Waals surface area contributed by atoms with E-state index in [0.717, 1.165) is 19.3 Å². The minimum atomic E-state index is -0.866. The third kappa shape index (κ3) is 3.54. The Hall–Kier alpha value is -1.75. The van der Waals surface area contributed by atoms with Crippen LogP contribution in [0.3, 0.4) is 0 Å². The molecule has 4 saturated carbocycles. The summed E-state index contributed by atoms with van der Waals surface area (Å²) in [6.45, 7) is 1.62. The molecule has 0 spiro atoms. The minimum absolute atomic E-state index is 0.192. The Morgan fingerprint density at radius 1 is 1.15 bits per heavy atom.